The van der Waals surface area contributed by atoms with E-state index in [0.717, 1.165) is 5.56 Å². The number of carbonyl (C=O) groups is 1. The van der Waals surface area contributed by atoms with E-state index >= 15 is 0 Å². The Balaban J connectivity index is 1.84. The summed E-state index contributed by atoms with van der Waals surface area (Å²) < 4.78 is 7.32. The summed E-state index contributed by atoms with van der Waals surface area (Å²) in [6, 6.07) is 13.8. The van der Waals surface area contributed by atoms with Crippen LogP contribution in [0.1, 0.15) is 10.4 Å². The number of benzene rings is 2. The smallest absolute Gasteiger partial charge is 0.192 e. The molecule has 7 heteroatoms. The molecule has 27 heavy (non-hydrogen) atoms. The molecule has 2 aromatic carbocycles. The summed E-state index contributed by atoms with van der Waals surface area (Å²) in [4.78, 5) is 12.4. The predicted octanol–water partition coefficient (Wildman–Crippen LogP) is 3.82. The fourth-order valence-corrected chi connectivity index (χ4v) is 3.42. The van der Waals surface area contributed by atoms with Crippen molar-refractivity contribution in [3.63, 3.8) is 0 Å². The van der Waals surface area contributed by atoms with E-state index in [0.29, 0.717) is 28.8 Å². The quantitative estimate of drug-likeness (QED) is 0.363. The van der Waals surface area contributed by atoms with Crippen molar-refractivity contribution in [2.24, 2.45) is 0 Å². The zero-order valence-corrected chi connectivity index (χ0v) is 15.6. The van der Waals surface area contributed by atoms with Crippen molar-refractivity contribution in [1.82, 2.24) is 14.8 Å². The summed E-state index contributed by atoms with van der Waals surface area (Å²) in [5.41, 5.74) is 1.37. The van der Waals surface area contributed by atoms with Crippen molar-refractivity contribution in [3.05, 3.63) is 66.7 Å². The molecule has 1 N–H and O–H groups in total. The molecular weight excluding hydrogens is 362 g/mol. The number of hydrogen-bond donors (Lipinski definition) is 1. The number of aromatic nitrogens is 3. The van der Waals surface area contributed by atoms with E-state index in [1.54, 1.807) is 25.3 Å². The number of hydrogen-bond acceptors (Lipinski definition) is 6. The van der Waals surface area contributed by atoms with E-state index in [-0.39, 0.29) is 17.3 Å². The Morgan fingerprint density at radius 2 is 1.96 bits per heavy atom. The Kier molecular flexibility index (Phi) is 5.93. The van der Waals surface area contributed by atoms with Crippen LogP contribution in [0.25, 0.3) is 11.4 Å². The van der Waals surface area contributed by atoms with Crippen molar-refractivity contribution in [2.45, 2.75) is 11.7 Å². The van der Waals surface area contributed by atoms with Crippen LogP contribution < -0.4 is 4.74 Å². The van der Waals surface area contributed by atoms with Gasteiger partial charge in [0, 0.05) is 12.1 Å². The molecule has 0 amide bonds. The molecule has 0 aliphatic heterocycles. The van der Waals surface area contributed by atoms with Crippen LogP contribution in [0.2, 0.25) is 0 Å². The second-order valence-corrected chi connectivity index (χ2v) is 6.61. The number of para-hydroxylation sites is 1. The second-order valence-electron chi connectivity index (χ2n) is 5.66. The summed E-state index contributed by atoms with van der Waals surface area (Å²) in [5.74, 6) is 1.66. The normalized spacial score (nSPS) is 10.6. The van der Waals surface area contributed by atoms with Gasteiger partial charge in [0.25, 0.3) is 0 Å². The number of methoxy groups -OCH3 is 1. The summed E-state index contributed by atoms with van der Waals surface area (Å²) >= 11 is 1.31. The zero-order chi connectivity index (χ0) is 19.2. The molecule has 6 nitrogen and oxygen atoms in total. The molecule has 0 spiro atoms. The van der Waals surface area contributed by atoms with E-state index in [9.17, 15) is 9.90 Å². The lowest BCUT2D eigenvalue weighted by Crippen LogP contribution is -2.05. The maximum absolute atomic E-state index is 12.4. The molecule has 0 aliphatic carbocycles. The molecule has 0 unspecified atom stereocenters. The van der Waals surface area contributed by atoms with Gasteiger partial charge in [0.1, 0.15) is 11.5 Å². The van der Waals surface area contributed by atoms with Gasteiger partial charge in [-0.3, -0.25) is 9.36 Å². The van der Waals surface area contributed by atoms with Crippen LogP contribution in [-0.4, -0.2) is 38.5 Å². The molecule has 3 rings (SSSR count). The number of ketones is 1. The molecule has 0 saturated heterocycles. The molecular formula is C20H19N3O3S. The number of phenols is 1. The molecule has 3 aromatic rings. The van der Waals surface area contributed by atoms with Gasteiger partial charge in [-0.05, 0) is 36.4 Å². The van der Waals surface area contributed by atoms with Crippen LogP contribution >= 0.6 is 11.8 Å². The summed E-state index contributed by atoms with van der Waals surface area (Å²) in [7, 11) is 1.61. The van der Waals surface area contributed by atoms with Crippen molar-refractivity contribution >= 4 is 17.5 Å². The number of aromatic hydroxyl groups is 1. The van der Waals surface area contributed by atoms with Gasteiger partial charge in [0.2, 0.25) is 0 Å². The molecule has 0 fully saturated rings. The minimum Gasteiger partial charge on any atom is -0.508 e. The first-order chi connectivity index (χ1) is 13.1. The van der Waals surface area contributed by atoms with E-state index in [1.165, 1.54) is 23.9 Å². The van der Waals surface area contributed by atoms with Crippen LogP contribution in [0.4, 0.5) is 0 Å². The lowest BCUT2D eigenvalue weighted by atomic mass is 10.1. The van der Waals surface area contributed by atoms with Crippen LogP contribution in [0.3, 0.4) is 0 Å². The van der Waals surface area contributed by atoms with Crippen molar-refractivity contribution in [2.75, 3.05) is 12.9 Å². The van der Waals surface area contributed by atoms with Gasteiger partial charge in [0.05, 0.1) is 18.4 Å². The third kappa shape index (κ3) is 4.20. The van der Waals surface area contributed by atoms with Gasteiger partial charge in [-0.15, -0.1) is 16.8 Å². The van der Waals surface area contributed by atoms with Gasteiger partial charge in [0.15, 0.2) is 16.8 Å². The van der Waals surface area contributed by atoms with Crippen LogP contribution in [0, 0.1) is 0 Å². The Hall–Kier alpha value is -3.06. The summed E-state index contributed by atoms with van der Waals surface area (Å²) in [6.45, 7) is 4.31. The number of allylic oxidation sites excluding steroid dienone is 1. The number of ether oxygens (including phenoxy) is 1. The van der Waals surface area contributed by atoms with Crippen LogP contribution in [0.15, 0.2) is 66.3 Å². The molecule has 0 atom stereocenters. The van der Waals surface area contributed by atoms with E-state index in [1.807, 2.05) is 28.8 Å². The topological polar surface area (TPSA) is 77.2 Å². The fraction of sp³-hybridized carbons (Fsp3) is 0.150. The Labute approximate surface area is 161 Å². The van der Waals surface area contributed by atoms with Crippen molar-refractivity contribution in [3.8, 4) is 22.9 Å². The van der Waals surface area contributed by atoms with Gasteiger partial charge in [-0.2, -0.15) is 0 Å². The largest absolute Gasteiger partial charge is 0.508 e. The second kappa shape index (κ2) is 8.55. The minimum absolute atomic E-state index is 0.0491. The highest BCUT2D eigenvalue weighted by Gasteiger charge is 2.18. The lowest BCUT2D eigenvalue weighted by Gasteiger charge is -2.10. The van der Waals surface area contributed by atoms with Gasteiger partial charge in [-0.1, -0.05) is 30.0 Å². The first-order valence-electron chi connectivity index (χ1n) is 8.26. The molecule has 0 radical (unpaired) electrons. The summed E-state index contributed by atoms with van der Waals surface area (Å²) in [5, 5.41) is 18.5. The third-order valence-corrected chi connectivity index (χ3v) is 4.86. The molecule has 0 bridgehead atoms. The van der Waals surface area contributed by atoms with E-state index < -0.39 is 0 Å². The zero-order valence-electron chi connectivity index (χ0n) is 14.8. The molecule has 1 aromatic heterocycles. The SMILES string of the molecule is C=CCn1c(SCC(=O)c2ccc(O)cc2)nnc1-c1ccccc1OC. The van der Waals surface area contributed by atoms with Crippen molar-refractivity contribution in [1.29, 1.82) is 0 Å². The Bertz CT molecular complexity index is 951. The molecule has 1 heterocycles. The average molecular weight is 381 g/mol. The molecule has 138 valence electrons. The fourth-order valence-electron chi connectivity index (χ4n) is 2.58. The highest BCUT2D eigenvalue weighted by atomic mass is 32.2. The van der Waals surface area contributed by atoms with Crippen molar-refractivity contribution < 1.29 is 14.6 Å². The minimum atomic E-state index is -0.0491. The highest BCUT2D eigenvalue weighted by molar-refractivity contribution is 7.99. The first-order valence-corrected chi connectivity index (χ1v) is 9.25. The van der Waals surface area contributed by atoms with Crippen LogP contribution in [-0.2, 0) is 6.54 Å². The number of thioether (sulfide) groups is 1. The monoisotopic (exact) mass is 381 g/mol. The third-order valence-electron chi connectivity index (χ3n) is 3.90. The number of nitrogens with zero attached hydrogens (tertiary/aromatic N) is 3. The van der Waals surface area contributed by atoms with Gasteiger partial charge >= 0.3 is 0 Å². The maximum atomic E-state index is 12.4. The average Bonchev–Trinajstić information content (AvgIpc) is 3.09. The maximum Gasteiger partial charge on any atom is 0.192 e. The predicted molar refractivity (Wildman–Crippen MR) is 105 cm³/mol. The number of phenolic OH excluding ortho intramolecular Hbond substituents is 1. The van der Waals surface area contributed by atoms with E-state index in [4.69, 9.17) is 4.74 Å². The van der Waals surface area contributed by atoms with Gasteiger partial charge < -0.3 is 9.84 Å². The number of Topliss-reactive ketones (excluding diaryl/α,β-unsaturated/α-hetero) is 1. The Morgan fingerprint density at radius 1 is 1.22 bits per heavy atom. The van der Waals surface area contributed by atoms with E-state index in [2.05, 4.69) is 16.8 Å². The standard InChI is InChI=1S/C20H19N3O3S/c1-3-12-23-19(16-6-4-5-7-18(16)26-2)21-22-20(23)27-13-17(25)14-8-10-15(24)11-9-14/h3-11,24H,1,12-13H2,2H3. The van der Waals surface area contributed by atoms with Crippen LogP contribution in [0.5, 0.6) is 11.5 Å². The summed E-state index contributed by atoms with van der Waals surface area (Å²) in [6.07, 6.45) is 1.76. The number of carbonyl (C=O) groups excluding carboxylic acids is 1. The number of rotatable bonds is 8. The highest BCUT2D eigenvalue weighted by Crippen LogP contribution is 2.31. The molecule has 0 aliphatic rings. The first kappa shape index (κ1) is 18.7. The Morgan fingerprint density at radius 3 is 2.67 bits per heavy atom. The van der Waals surface area contributed by atoms with Gasteiger partial charge in [-0.25, -0.2) is 0 Å². The lowest BCUT2D eigenvalue weighted by molar-refractivity contribution is 0.102. The molecule has 0 saturated carbocycles.